The van der Waals surface area contributed by atoms with Crippen LogP contribution in [-0.2, 0) is 10.0 Å². The summed E-state index contributed by atoms with van der Waals surface area (Å²) in [5.41, 5.74) is -0.222. The molecule has 8 heteroatoms. The summed E-state index contributed by atoms with van der Waals surface area (Å²) in [6, 6.07) is 11.7. The van der Waals surface area contributed by atoms with Crippen molar-refractivity contribution in [1.82, 2.24) is 0 Å². The van der Waals surface area contributed by atoms with Crippen LogP contribution in [0.25, 0.3) is 0 Å². The minimum atomic E-state index is -4.06. The Bertz CT molecular complexity index is 759. The van der Waals surface area contributed by atoms with Gasteiger partial charge in [0, 0.05) is 5.69 Å². The van der Waals surface area contributed by atoms with Crippen molar-refractivity contribution in [2.24, 2.45) is 0 Å². The van der Waals surface area contributed by atoms with Crippen LogP contribution in [0.3, 0.4) is 0 Å². The van der Waals surface area contributed by atoms with E-state index in [0.717, 1.165) is 12.1 Å². The number of methoxy groups -OCH3 is 1. The van der Waals surface area contributed by atoms with E-state index < -0.39 is 25.5 Å². The summed E-state index contributed by atoms with van der Waals surface area (Å²) < 4.78 is 31.7. The Kier molecular flexibility index (Phi) is 4.08. The lowest BCUT2D eigenvalue weighted by Crippen LogP contribution is -2.14. The maximum Gasteiger partial charge on any atom is 0.293 e. The van der Waals surface area contributed by atoms with Crippen LogP contribution in [0.1, 0.15) is 0 Å². The number of hydrogen-bond donors (Lipinski definition) is 1. The fraction of sp³-hybridized carbons (Fsp3) is 0.0769. The quantitative estimate of drug-likeness (QED) is 0.675. The van der Waals surface area contributed by atoms with Crippen LogP contribution in [0, 0.1) is 10.1 Å². The molecule has 0 heterocycles. The SMILES string of the molecule is COc1ccc(S(=O)(=O)Nc2ccccc2)c([N+](=O)[O-])c1. The first-order valence-corrected chi connectivity index (χ1v) is 7.32. The summed E-state index contributed by atoms with van der Waals surface area (Å²) >= 11 is 0. The molecular formula is C13H12N2O5S. The van der Waals surface area contributed by atoms with Gasteiger partial charge in [-0.15, -0.1) is 0 Å². The van der Waals surface area contributed by atoms with Crippen LogP contribution in [0.5, 0.6) is 5.75 Å². The van der Waals surface area contributed by atoms with Crippen LogP contribution in [0.4, 0.5) is 11.4 Å². The first-order valence-electron chi connectivity index (χ1n) is 5.84. The first-order chi connectivity index (χ1) is 9.94. The van der Waals surface area contributed by atoms with Gasteiger partial charge < -0.3 is 4.74 Å². The molecule has 0 saturated heterocycles. The summed E-state index contributed by atoms with van der Waals surface area (Å²) in [4.78, 5) is 9.87. The lowest BCUT2D eigenvalue weighted by atomic mass is 10.3. The van der Waals surface area contributed by atoms with Crippen LogP contribution in [0.2, 0.25) is 0 Å². The van der Waals surface area contributed by atoms with E-state index in [-0.39, 0.29) is 5.75 Å². The van der Waals surface area contributed by atoms with Gasteiger partial charge in [0.15, 0.2) is 4.90 Å². The van der Waals surface area contributed by atoms with Crippen molar-refractivity contribution >= 4 is 21.4 Å². The van der Waals surface area contributed by atoms with E-state index in [0.29, 0.717) is 5.69 Å². The number of nitrogens with one attached hydrogen (secondary N) is 1. The van der Waals surface area contributed by atoms with Gasteiger partial charge in [-0.3, -0.25) is 14.8 Å². The van der Waals surface area contributed by atoms with Crippen molar-refractivity contribution in [2.75, 3.05) is 11.8 Å². The number of hydrogen-bond acceptors (Lipinski definition) is 5. The van der Waals surface area contributed by atoms with Gasteiger partial charge in [-0.1, -0.05) is 18.2 Å². The smallest absolute Gasteiger partial charge is 0.293 e. The largest absolute Gasteiger partial charge is 0.497 e. The third-order valence-electron chi connectivity index (χ3n) is 2.68. The molecule has 0 aliphatic heterocycles. The molecule has 0 aliphatic carbocycles. The molecule has 7 nitrogen and oxygen atoms in total. The average molecular weight is 308 g/mol. The van der Waals surface area contributed by atoms with Gasteiger partial charge in [-0.25, -0.2) is 8.42 Å². The fourth-order valence-electron chi connectivity index (χ4n) is 1.71. The number of nitrogens with zero attached hydrogens (tertiary/aromatic N) is 1. The molecule has 0 atom stereocenters. The highest BCUT2D eigenvalue weighted by Crippen LogP contribution is 2.29. The second kappa shape index (κ2) is 5.80. The second-order valence-corrected chi connectivity index (χ2v) is 5.71. The number of nitro benzene ring substituents is 1. The molecule has 2 aromatic rings. The molecule has 0 aromatic heterocycles. The zero-order valence-electron chi connectivity index (χ0n) is 11.0. The Morgan fingerprint density at radius 2 is 1.81 bits per heavy atom. The van der Waals surface area contributed by atoms with E-state index >= 15 is 0 Å². The normalized spacial score (nSPS) is 10.9. The van der Waals surface area contributed by atoms with E-state index in [1.807, 2.05) is 0 Å². The molecule has 2 aromatic carbocycles. The number of ether oxygens (including phenoxy) is 1. The van der Waals surface area contributed by atoms with Gasteiger partial charge in [-0.05, 0) is 24.3 Å². The van der Waals surface area contributed by atoms with E-state index in [1.54, 1.807) is 30.3 Å². The van der Waals surface area contributed by atoms with Gasteiger partial charge in [0.05, 0.1) is 18.1 Å². The standard InChI is InChI=1S/C13H12N2O5S/c1-20-11-7-8-13(12(9-11)15(16)17)21(18,19)14-10-5-3-2-4-6-10/h2-9,14H,1H3. The molecule has 0 bridgehead atoms. The number of rotatable bonds is 5. The molecule has 0 amide bonds. The maximum atomic E-state index is 12.3. The minimum Gasteiger partial charge on any atom is -0.497 e. The summed E-state index contributed by atoms with van der Waals surface area (Å²) in [6.07, 6.45) is 0. The van der Waals surface area contributed by atoms with Crippen LogP contribution in [0.15, 0.2) is 53.4 Å². The average Bonchev–Trinajstić information content (AvgIpc) is 2.47. The minimum absolute atomic E-state index is 0.209. The van der Waals surface area contributed by atoms with Crippen LogP contribution >= 0.6 is 0 Å². The number of benzene rings is 2. The molecule has 0 aliphatic rings. The van der Waals surface area contributed by atoms with Gasteiger partial charge in [0.2, 0.25) is 0 Å². The summed E-state index contributed by atoms with van der Waals surface area (Å²) in [5, 5.41) is 11.0. The summed E-state index contributed by atoms with van der Waals surface area (Å²) in [7, 11) is -2.72. The molecule has 21 heavy (non-hydrogen) atoms. The van der Waals surface area contributed by atoms with Gasteiger partial charge in [0.1, 0.15) is 5.75 Å². The summed E-state index contributed by atoms with van der Waals surface area (Å²) in [5.74, 6) is 0.209. The third-order valence-corrected chi connectivity index (χ3v) is 4.11. The van der Waals surface area contributed by atoms with Crippen molar-refractivity contribution in [2.45, 2.75) is 4.90 Å². The Labute approximate surface area is 121 Å². The monoisotopic (exact) mass is 308 g/mol. The van der Waals surface area contributed by atoms with E-state index in [9.17, 15) is 18.5 Å². The zero-order valence-corrected chi connectivity index (χ0v) is 11.8. The second-order valence-electron chi connectivity index (χ2n) is 4.06. The van der Waals surface area contributed by atoms with Gasteiger partial charge in [-0.2, -0.15) is 0 Å². The predicted molar refractivity (Wildman–Crippen MR) is 76.9 cm³/mol. The molecule has 0 radical (unpaired) electrons. The predicted octanol–water partition coefficient (Wildman–Crippen LogP) is 2.40. The lowest BCUT2D eigenvalue weighted by molar-refractivity contribution is -0.387. The Balaban J connectivity index is 2.47. The van der Waals surface area contributed by atoms with Gasteiger partial charge >= 0.3 is 0 Å². The molecule has 110 valence electrons. The number of para-hydroxylation sites is 1. The van der Waals surface area contributed by atoms with Crippen molar-refractivity contribution in [3.8, 4) is 5.75 Å². The van der Waals surface area contributed by atoms with Crippen molar-refractivity contribution < 1.29 is 18.1 Å². The van der Waals surface area contributed by atoms with Crippen molar-refractivity contribution in [3.05, 3.63) is 58.6 Å². The molecule has 0 saturated carbocycles. The van der Waals surface area contributed by atoms with Crippen LogP contribution < -0.4 is 9.46 Å². The molecule has 0 fully saturated rings. The molecule has 0 unspecified atom stereocenters. The highest BCUT2D eigenvalue weighted by atomic mass is 32.2. The van der Waals surface area contributed by atoms with Crippen LogP contribution in [-0.4, -0.2) is 20.5 Å². The Morgan fingerprint density at radius 1 is 1.14 bits per heavy atom. The highest BCUT2D eigenvalue weighted by Gasteiger charge is 2.26. The Morgan fingerprint density at radius 3 is 2.38 bits per heavy atom. The van der Waals surface area contributed by atoms with Crippen molar-refractivity contribution in [3.63, 3.8) is 0 Å². The van der Waals surface area contributed by atoms with Gasteiger partial charge in [0.25, 0.3) is 15.7 Å². The maximum absolute atomic E-state index is 12.3. The molecule has 2 rings (SSSR count). The van der Waals surface area contributed by atoms with Crippen molar-refractivity contribution in [1.29, 1.82) is 0 Å². The molecular weight excluding hydrogens is 296 g/mol. The number of sulfonamides is 1. The topological polar surface area (TPSA) is 98.5 Å². The third kappa shape index (κ3) is 3.29. The van der Waals surface area contributed by atoms with E-state index in [2.05, 4.69) is 4.72 Å². The van der Waals surface area contributed by atoms with E-state index in [4.69, 9.17) is 4.74 Å². The lowest BCUT2D eigenvalue weighted by Gasteiger charge is -2.09. The molecule has 0 spiro atoms. The summed E-state index contributed by atoms with van der Waals surface area (Å²) in [6.45, 7) is 0. The zero-order chi connectivity index (χ0) is 15.5. The first kappa shape index (κ1) is 14.8. The number of nitro groups is 1. The molecule has 1 N–H and O–H groups in total. The fourth-order valence-corrected chi connectivity index (χ4v) is 2.92. The Hall–Kier alpha value is -2.61. The highest BCUT2D eigenvalue weighted by molar-refractivity contribution is 7.92. The van der Waals surface area contributed by atoms with E-state index in [1.165, 1.54) is 13.2 Å². The number of anilines is 1.